The van der Waals surface area contributed by atoms with Crippen molar-refractivity contribution in [1.82, 2.24) is 5.32 Å². The number of amides is 1. The van der Waals surface area contributed by atoms with E-state index in [1.165, 1.54) is 7.11 Å². The van der Waals surface area contributed by atoms with Crippen LogP contribution in [-0.4, -0.2) is 24.8 Å². The first-order chi connectivity index (χ1) is 10.2. The van der Waals surface area contributed by atoms with Crippen LogP contribution in [0.3, 0.4) is 0 Å². The van der Waals surface area contributed by atoms with Crippen LogP contribution in [0.2, 0.25) is 0 Å². The molecule has 118 valence electrons. The molecule has 0 unspecified atom stereocenters. The lowest BCUT2D eigenvalue weighted by atomic mass is 10.0. The van der Waals surface area contributed by atoms with E-state index in [1.807, 2.05) is 6.07 Å². The quantitative estimate of drug-likeness (QED) is 0.810. The summed E-state index contributed by atoms with van der Waals surface area (Å²) in [5, 5.41) is 2.72. The average Bonchev–Trinajstić information content (AvgIpc) is 2.76. The van der Waals surface area contributed by atoms with E-state index in [0.717, 1.165) is 15.6 Å². The van der Waals surface area contributed by atoms with Gasteiger partial charge in [0, 0.05) is 16.6 Å². The number of carbonyl (C=O) groups is 2. The fourth-order valence-electron chi connectivity index (χ4n) is 2.22. The van der Waals surface area contributed by atoms with Gasteiger partial charge in [0.05, 0.1) is 12.7 Å². The van der Waals surface area contributed by atoms with Crippen molar-refractivity contribution in [1.29, 1.82) is 0 Å². The molecule has 22 heavy (non-hydrogen) atoms. The molecule has 2 rings (SSSR count). The van der Waals surface area contributed by atoms with Crippen molar-refractivity contribution >= 4 is 34.1 Å². The number of methoxy groups -OCH3 is 1. The van der Waals surface area contributed by atoms with Crippen LogP contribution < -0.4 is 5.32 Å². The number of rotatable bonds is 2. The minimum Gasteiger partial charge on any atom is -0.465 e. The maximum absolute atomic E-state index is 11.9. The average molecular weight is 368 g/mol. The van der Waals surface area contributed by atoms with E-state index in [0.29, 0.717) is 17.7 Å². The van der Waals surface area contributed by atoms with E-state index in [1.54, 1.807) is 32.9 Å². The van der Waals surface area contributed by atoms with E-state index >= 15 is 0 Å². The van der Waals surface area contributed by atoms with Crippen LogP contribution in [0.25, 0.3) is 6.08 Å². The van der Waals surface area contributed by atoms with Gasteiger partial charge in [-0.15, -0.1) is 0 Å². The van der Waals surface area contributed by atoms with Gasteiger partial charge in [-0.25, -0.2) is 9.59 Å². The van der Waals surface area contributed by atoms with Crippen LogP contribution in [0.5, 0.6) is 0 Å². The Morgan fingerprint density at radius 1 is 1.27 bits per heavy atom. The minimum atomic E-state index is -0.559. The fraction of sp³-hybridized carbons (Fsp3) is 0.375. The highest BCUT2D eigenvalue weighted by molar-refractivity contribution is 9.10. The van der Waals surface area contributed by atoms with Gasteiger partial charge in [-0.3, -0.25) is 5.32 Å². The van der Waals surface area contributed by atoms with Gasteiger partial charge >= 0.3 is 12.1 Å². The second-order valence-electron chi connectivity index (χ2n) is 5.99. The number of esters is 1. The number of hydrogen-bond acceptors (Lipinski definition) is 4. The number of alkyl carbamates (subject to hydrolysis) is 1. The van der Waals surface area contributed by atoms with Crippen molar-refractivity contribution in [2.75, 3.05) is 7.11 Å². The molecule has 1 amide bonds. The number of nitrogens with one attached hydrogen (secondary N) is 1. The molecule has 0 heterocycles. The lowest BCUT2D eigenvalue weighted by Crippen LogP contribution is -2.32. The Morgan fingerprint density at radius 3 is 2.55 bits per heavy atom. The predicted octanol–water partition coefficient (Wildman–Crippen LogP) is 3.66. The molecule has 0 saturated heterocycles. The van der Waals surface area contributed by atoms with Gasteiger partial charge in [0.25, 0.3) is 0 Å². The predicted molar refractivity (Wildman–Crippen MR) is 86.5 cm³/mol. The molecule has 0 saturated carbocycles. The molecule has 0 aliphatic heterocycles. The van der Waals surface area contributed by atoms with Crippen molar-refractivity contribution < 1.29 is 19.1 Å². The summed E-state index contributed by atoms with van der Waals surface area (Å²) in [6.07, 6.45) is 1.79. The maximum atomic E-state index is 11.9. The molecule has 0 fully saturated rings. The summed E-state index contributed by atoms with van der Waals surface area (Å²) >= 11 is 3.38. The van der Waals surface area contributed by atoms with Crippen molar-refractivity contribution in [2.24, 2.45) is 0 Å². The van der Waals surface area contributed by atoms with Gasteiger partial charge in [-0.2, -0.15) is 0 Å². The van der Waals surface area contributed by atoms with Crippen molar-refractivity contribution in [3.05, 3.63) is 39.0 Å². The van der Waals surface area contributed by atoms with E-state index in [2.05, 4.69) is 21.2 Å². The molecule has 1 aliphatic carbocycles. The number of halogens is 1. The molecular weight excluding hydrogens is 350 g/mol. The van der Waals surface area contributed by atoms with Crippen LogP contribution in [-0.2, 0) is 15.9 Å². The van der Waals surface area contributed by atoms with Gasteiger partial charge in [0.1, 0.15) is 5.60 Å². The van der Waals surface area contributed by atoms with Crippen LogP contribution >= 0.6 is 15.9 Å². The third-order valence-electron chi connectivity index (χ3n) is 3.00. The summed E-state index contributed by atoms with van der Waals surface area (Å²) in [5.74, 6) is -0.410. The molecule has 0 bridgehead atoms. The highest BCUT2D eigenvalue weighted by Gasteiger charge is 2.23. The summed E-state index contributed by atoms with van der Waals surface area (Å²) in [5.41, 5.74) is 2.30. The van der Waals surface area contributed by atoms with Gasteiger partial charge in [0.15, 0.2) is 0 Å². The summed E-state index contributed by atoms with van der Waals surface area (Å²) in [6, 6.07) is 3.62. The highest BCUT2D eigenvalue weighted by atomic mass is 79.9. The minimum absolute atomic E-state index is 0.410. The van der Waals surface area contributed by atoms with Crippen molar-refractivity contribution in [3.8, 4) is 0 Å². The monoisotopic (exact) mass is 367 g/mol. The van der Waals surface area contributed by atoms with Crippen LogP contribution in [0, 0.1) is 0 Å². The van der Waals surface area contributed by atoms with E-state index in [4.69, 9.17) is 9.47 Å². The number of ether oxygens (including phenoxy) is 2. The zero-order chi connectivity index (χ0) is 16.5. The lowest BCUT2D eigenvalue weighted by molar-refractivity contribution is 0.0544. The summed E-state index contributed by atoms with van der Waals surface area (Å²) < 4.78 is 10.8. The Bertz CT molecular complexity index is 659. The largest absolute Gasteiger partial charge is 0.465 e. The van der Waals surface area contributed by atoms with Gasteiger partial charge in [-0.1, -0.05) is 15.9 Å². The van der Waals surface area contributed by atoms with E-state index in [-0.39, 0.29) is 0 Å². The topological polar surface area (TPSA) is 64.6 Å². The summed E-state index contributed by atoms with van der Waals surface area (Å²) in [4.78, 5) is 23.7. The number of benzene rings is 1. The summed E-state index contributed by atoms with van der Waals surface area (Å²) in [7, 11) is 1.34. The third-order valence-corrected chi connectivity index (χ3v) is 3.45. The molecule has 0 aromatic heterocycles. The third kappa shape index (κ3) is 3.88. The number of carbonyl (C=O) groups excluding carboxylic acids is 2. The Labute approximate surface area is 137 Å². The highest BCUT2D eigenvalue weighted by Crippen LogP contribution is 2.31. The van der Waals surface area contributed by atoms with E-state index < -0.39 is 17.7 Å². The first kappa shape index (κ1) is 16.5. The molecule has 0 atom stereocenters. The molecule has 1 aromatic rings. The van der Waals surface area contributed by atoms with Gasteiger partial charge < -0.3 is 9.47 Å². The number of hydrogen-bond donors (Lipinski definition) is 1. The zero-order valence-corrected chi connectivity index (χ0v) is 14.5. The zero-order valence-electron chi connectivity index (χ0n) is 13.0. The second-order valence-corrected chi connectivity index (χ2v) is 6.91. The molecule has 1 aliphatic rings. The van der Waals surface area contributed by atoms with Crippen LogP contribution in [0.15, 0.2) is 22.3 Å². The Kier molecular flexibility index (Phi) is 4.60. The van der Waals surface area contributed by atoms with Crippen LogP contribution in [0.4, 0.5) is 4.79 Å². The van der Waals surface area contributed by atoms with Crippen molar-refractivity contribution in [2.45, 2.75) is 32.8 Å². The van der Waals surface area contributed by atoms with Crippen molar-refractivity contribution in [3.63, 3.8) is 0 Å². The molecular formula is C16H18BrNO4. The summed E-state index contributed by atoms with van der Waals surface area (Å²) in [6.45, 7) is 5.41. The number of allylic oxidation sites excluding steroid dienone is 1. The van der Waals surface area contributed by atoms with Gasteiger partial charge in [-0.05, 0) is 50.1 Å². The molecule has 1 aromatic carbocycles. The Hall–Kier alpha value is -1.82. The van der Waals surface area contributed by atoms with Gasteiger partial charge in [0.2, 0.25) is 0 Å². The standard InChI is InChI=1S/C16H18BrNO4/c1-16(2,3)22-15(20)18-11-6-9-5-10(17)7-13(12(9)8-11)14(19)21-4/h5,7-8H,6H2,1-4H3,(H,18,20). The Balaban J connectivity index is 2.22. The first-order valence-electron chi connectivity index (χ1n) is 6.81. The normalized spacial score (nSPS) is 13.2. The smallest absolute Gasteiger partial charge is 0.411 e. The molecule has 0 spiro atoms. The van der Waals surface area contributed by atoms with E-state index in [9.17, 15) is 9.59 Å². The molecule has 5 nitrogen and oxygen atoms in total. The molecule has 0 radical (unpaired) electrons. The lowest BCUT2D eigenvalue weighted by Gasteiger charge is -2.19. The fourth-order valence-corrected chi connectivity index (χ4v) is 2.72. The molecule has 1 N–H and O–H groups in total. The van der Waals surface area contributed by atoms with Crippen LogP contribution in [0.1, 0.15) is 42.3 Å². The first-order valence-corrected chi connectivity index (χ1v) is 7.60. The Morgan fingerprint density at radius 2 is 1.95 bits per heavy atom. The maximum Gasteiger partial charge on any atom is 0.411 e. The molecule has 6 heteroatoms. The SMILES string of the molecule is COC(=O)c1cc(Br)cc2c1C=C(NC(=O)OC(C)(C)C)C2. The second kappa shape index (κ2) is 6.12. The number of fused-ring (bicyclic) bond motifs is 1.